The van der Waals surface area contributed by atoms with Crippen LogP contribution in [0.5, 0.6) is 5.75 Å². The molecule has 6 heteroatoms. The molecule has 1 amide bonds. The van der Waals surface area contributed by atoms with E-state index < -0.39 is 17.9 Å². The number of fused-ring (bicyclic) bond motifs is 1. The van der Waals surface area contributed by atoms with E-state index in [0.29, 0.717) is 19.0 Å². The Hall–Kier alpha value is -2.60. The van der Waals surface area contributed by atoms with Gasteiger partial charge in [-0.25, -0.2) is 9.18 Å². The summed E-state index contributed by atoms with van der Waals surface area (Å²) in [6.45, 7) is 9.96. The second-order valence-electron chi connectivity index (χ2n) is 10.4. The normalized spacial score (nSPS) is 19.5. The molecule has 2 atom stereocenters. The third kappa shape index (κ3) is 6.70. The minimum atomic E-state index is -1.02. The number of carbonyl (C=O) groups excluding carboxylic acids is 1. The van der Waals surface area contributed by atoms with E-state index in [1.165, 1.54) is 12.8 Å². The van der Waals surface area contributed by atoms with Crippen LogP contribution in [-0.4, -0.2) is 29.7 Å². The van der Waals surface area contributed by atoms with E-state index in [1.807, 2.05) is 70.2 Å². The van der Waals surface area contributed by atoms with Crippen molar-refractivity contribution in [1.29, 1.82) is 0 Å². The van der Waals surface area contributed by atoms with Gasteiger partial charge in [0.25, 0.3) is 0 Å². The molecule has 1 saturated carbocycles. The summed E-state index contributed by atoms with van der Waals surface area (Å²) in [5, 5.41) is 2.86. The Balaban J connectivity index is 1.32. The van der Waals surface area contributed by atoms with Crippen molar-refractivity contribution in [3.05, 3.63) is 64.7 Å². The minimum absolute atomic E-state index is 0.165. The molecule has 2 aromatic carbocycles. The highest BCUT2D eigenvalue weighted by molar-refractivity contribution is 5.68. The van der Waals surface area contributed by atoms with E-state index >= 15 is 0 Å². The highest BCUT2D eigenvalue weighted by Gasteiger charge is 2.27. The van der Waals surface area contributed by atoms with Gasteiger partial charge >= 0.3 is 6.09 Å². The third-order valence-corrected chi connectivity index (χ3v) is 6.07. The lowest BCUT2D eigenvalue weighted by molar-refractivity contribution is 0.0508. The molecule has 0 aromatic heterocycles. The Bertz CT molecular complexity index is 966. The number of alkyl halides is 1. The number of benzene rings is 2. The van der Waals surface area contributed by atoms with Crippen molar-refractivity contribution < 1.29 is 18.7 Å². The summed E-state index contributed by atoms with van der Waals surface area (Å²) in [6.07, 6.45) is 1.04. The first kappa shape index (κ1) is 23.6. The van der Waals surface area contributed by atoms with Crippen LogP contribution in [0.2, 0.25) is 0 Å². The highest BCUT2D eigenvalue weighted by atomic mass is 19.1. The largest absolute Gasteiger partial charge is 0.493 e. The van der Waals surface area contributed by atoms with Gasteiger partial charge in [-0.3, -0.25) is 4.90 Å². The van der Waals surface area contributed by atoms with Crippen molar-refractivity contribution in [2.24, 2.45) is 5.92 Å². The van der Waals surface area contributed by atoms with E-state index in [1.54, 1.807) is 0 Å². The zero-order chi connectivity index (χ0) is 23.6. The monoisotopic (exact) mass is 454 g/mol. The first-order chi connectivity index (χ1) is 15.7. The molecule has 2 aliphatic rings. The molecule has 0 bridgehead atoms. The van der Waals surface area contributed by atoms with Gasteiger partial charge in [-0.05, 0) is 80.8 Å². The topological polar surface area (TPSA) is 50.8 Å². The highest BCUT2D eigenvalue weighted by Crippen LogP contribution is 2.34. The fourth-order valence-corrected chi connectivity index (χ4v) is 4.09. The predicted molar refractivity (Wildman–Crippen MR) is 127 cm³/mol. The molecule has 0 radical (unpaired) electrons. The predicted octanol–water partition coefficient (Wildman–Crippen LogP) is 6.09. The summed E-state index contributed by atoms with van der Waals surface area (Å²) in [5.74, 6) is 1.46. The number of carbonyl (C=O) groups is 1. The molecule has 1 unspecified atom stereocenters. The van der Waals surface area contributed by atoms with Crippen LogP contribution >= 0.6 is 0 Å². The number of nitrogens with one attached hydrogen (secondary N) is 1. The maximum atomic E-state index is 15.0. The molecule has 1 aliphatic heterocycles. The van der Waals surface area contributed by atoms with Crippen LogP contribution in [0.25, 0.3) is 0 Å². The molecule has 33 heavy (non-hydrogen) atoms. The second-order valence-corrected chi connectivity index (χ2v) is 10.4. The number of hydrogen-bond donors (Lipinski definition) is 1. The zero-order valence-corrected chi connectivity index (χ0v) is 20.1. The second kappa shape index (κ2) is 9.72. The standard InChI is InChI=1S/C27H35FN2O3/c1-18(29-26(31)33-27(2,3)4)21-9-7-19(8-10-21)14-30-15-22-11-12-23(32-17-20-5-6-20)13-24(22)25(28)16-30/h7-13,18,20,25H,5-6,14-17H2,1-4H3,(H,29,31)/t18-,25?/m0/s1. The summed E-state index contributed by atoms with van der Waals surface area (Å²) in [6, 6.07) is 13.8. The van der Waals surface area contributed by atoms with Crippen LogP contribution in [-0.2, 0) is 17.8 Å². The molecule has 4 rings (SSSR count). The molecule has 1 fully saturated rings. The quantitative estimate of drug-likeness (QED) is 0.550. The first-order valence-electron chi connectivity index (χ1n) is 11.9. The Morgan fingerprint density at radius 3 is 2.58 bits per heavy atom. The number of alkyl carbamates (subject to hydrolysis) is 1. The smallest absolute Gasteiger partial charge is 0.408 e. The molecule has 0 spiro atoms. The number of amides is 1. The van der Waals surface area contributed by atoms with Gasteiger partial charge in [-0.15, -0.1) is 0 Å². The number of hydrogen-bond acceptors (Lipinski definition) is 4. The van der Waals surface area contributed by atoms with Crippen molar-refractivity contribution in [3.8, 4) is 5.75 Å². The summed E-state index contributed by atoms with van der Waals surface area (Å²) in [7, 11) is 0. The van der Waals surface area contributed by atoms with Crippen molar-refractivity contribution >= 4 is 6.09 Å². The van der Waals surface area contributed by atoms with Crippen LogP contribution in [0.1, 0.15) is 75.0 Å². The first-order valence-corrected chi connectivity index (χ1v) is 11.9. The van der Waals surface area contributed by atoms with Gasteiger partial charge in [0.05, 0.1) is 12.6 Å². The van der Waals surface area contributed by atoms with Crippen LogP contribution in [0.3, 0.4) is 0 Å². The average molecular weight is 455 g/mol. The molecule has 1 aliphatic carbocycles. The van der Waals surface area contributed by atoms with Crippen LogP contribution in [0.4, 0.5) is 9.18 Å². The Morgan fingerprint density at radius 2 is 1.91 bits per heavy atom. The van der Waals surface area contributed by atoms with Gasteiger partial charge in [-0.2, -0.15) is 0 Å². The lowest BCUT2D eigenvalue weighted by Gasteiger charge is -2.31. The number of halogens is 1. The van der Waals surface area contributed by atoms with Gasteiger partial charge in [-0.1, -0.05) is 30.3 Å². The molecule has 1 N–H and O–H groups in total. The van der Waals surface area contributed by atoms with E-state index in [9.17, 15) is 9.18 Å². The van der Waals surface area contributed by atoms with E-state index in [-0.39, 0.29) is 6.04 Å². The summed E-state index contributed by atoms with van der Waals surface area (Å²) < 4.78 is 26.1. The Kier molecular flexibility index (Phi) is 6.94. The Labute approximate surface area is 196 Å². The SMILES string of the molecule is C[C@H](NC(=O)OC(C)(C)C)c1ccc(CN2Cc3ccc(OCC4CC4)cc3C(F)C2)cc1. The molecule has 1 heterocycles. The fourth-order valence-electron chi connectivity index (χ4n) is 4.09. The lowest BCUT2D eigenvalue weighted by atomic mass is 9.97. The summed E-state index contributed by atoms with van der Waals surface area (Å²) >= 11 is 0. The van der Waals surface area contributed by atoms with Gasteiger partial charge in [0.2, 0.25) is 0 Å². The summed E-state index contributed by atoms with van der Waals surface area (Å²) in [4.78, 5) is 14.1. The van der Waals surface area contributed by atoms with Crippen LogP contribution < -0.4 is 10.1 Å². The Morgan fingerprint density at radius 1 is 1.18 bits per heavy atom. The van der Waals surface area contributed by atoms with Crippen LogP contribution in [0.15, 0.2) is 42.5 Å². The maximum absolute atomic E-state index is 15.0. The van der Waals surface area contributed by atoms with Crippen molar-refractivity contribution in [3.63, 3.8) is 0 Å². The minimum Gasteiger partial charge on any atom is -0.493 e. The molecular weight excluding hydrogens is 419 g/mol. The number of rotatable bonds is 7. The summed E-state index contributed by atoms with van der Waals surface area (Å²) in [5.41, 5.74) is 3.37. The van der Waals surface area contributed by atoms with Gasteiger partial charge in [0.15, 0.2) is 0 Å². The number of ether oxygens (including phenoxy) is 2. The fraction of sp³-hybridized carbons (Fsp3) is 0.519. The maximum Gasteiger partial charge on any atom is 0.408 e. The van der Waals surface area contributed by atoms with E-state index in [0.717, 1.165) is 41.2 Å². The lowest BCUT2D eigenvalue weighted by Crippen LogP contribution is -2.34. The molecule has 178 valence electrons. The van der Waals surface area contributed by atoms with Gasteiger partial charge < -0.3 is 14.8 Å². The molecule has 0 saturated heterocycles. The third-order valence-electron chi connectivity index (χ3n) is 6.07. The van der Waals surface area contributed by atoms with Crippen LogP contribution in [0, 0.1) is 5.92 Å². The zero-order valence-electron chi connectivity index (χ0n) is 20.1. The molecule has 2 aromatic rings. The molecule has 5 nitrogen and oxygen atoms in total. The van der Waals surface area contributed by atoms with Crippen molar-refractivity contribution in [2.75, 3.05) is 13.2 Å². The van der Waals surface area contributed by atoms with E-state index in [2.05, 4.69) is 10.2 Å². The average Bonchev–Trinajstić information content (AvgIpc) is 3.56. The van der Waals surface area contributed by atoms with Crippen molar-refractivity contribution in [2.45, 2.75) is 71.4 Å². The molecular formula is C27H35FN2O3. The van der Waals surface area contributed by atoms with Crippen molar-refractivity contribution in [1.82, 2.24) is 10.2 Å². The van der Waals surface area contributed by atoms with Gasteiger partial charge in [0.1, 0.15) is 17.5 Å². The van der Waals surface area contributed by atoms with Gasteiger partial charge in [0, 0.05) is 19.6 Å². The van der Waals surface area contributed by atoms with E-state index in [4.69, 9.17) is 9.47 Å². The number of nitrogens with zero attached hydrogens (tertiary/aromatic N) is 1.